The Labute approximate surface area is 194 Å². The van der Waals surface area contributed by atoms with Crippen LogP contribution in [0.1, 0.15) is 49.5 Å². The normalized spacial score (nSPS) is 19.0. The Kier molecular flexibility index (Phi) is 9.12. The van der Waals surface area contributed by atoms with Crippen LogP contribution in [0.5, 0.6) is 0 Å². The Morgan fingerprint density at radius 1 is 1.06 bits per heavy atom. The first-order chi connectivity index (χ1) is 15.6. The van der Waals surface area contributed by atoms with E-state index in [1.807, 2.05) is 38.0 Å². The number of anilines is 1. The summed E-state index contributed by atoms with van der Waals surface area (Å²) < 4.78 is 6.00. The van der Waals surface area contributed by atoms with Crippen LogP contribution in [-0.4, -0.2) is 67.7 Å². The molecule has 3 rings (SSSR count). The van der Waals surface area contributed by atoms with Gasteiger partial charge in [0.25, 0.3) is 5.91 Å². The molecule has 1 aliphatic heterocycles. The summed E-state index contributed by atoms with van der Waals surface area (Å²) >= 11 is 0. The van der Waals surface area contributed by atoms with E-state index in [9.17, 15) is 4.79 Å². The van der Waals surface area contributed by atoms with Crippen molar-refractivity contribution in [1.82, 2.24) is 9.80 Å². The molecule has 2 unspecified atom stereocenters. The summed E-state index contributed by atoms with van der Waals surface area (Å²) in [5.41, 5.74) is 3.11. The lowest BCUT2D eigenvalue weighted by atomic mass is 9.97. The number of likely N-dealkylation sites (tertiary alicyclic amines) is 1. The van der Waals surface area contributed by atoms with E-state index in [0.717, 1.165) is 63.2 Å². The first-order valence-electron chi connectivity index (χ1n) is 12.1. The van der Waals surface area contributed by atoms with Crippen molar-refractivity contribution in [3.8, 4) is 0 Å². The van der Waals surface area contributed by atoms with Crippen LogP contribution in [0.25, 0.3) is 0 Å². The van der Waals surface area contributed by atoms with Crippen molar-refractivity contribution in [3.63, 3.8) is 0 Å². The van der Waals surface area contributed by atoms with Crippen molar-refractivity contribution in [2.45, 2.75) is 52.3 Å². The molecule has 5 heteroatoms. The van der Waals surface area contributed by atoms with E-state index in [0.29, 0.717) is 0 Å². The molecule has 32 heavy (non-hydrogen) atoms. The fraction of sp³-hybridized carbons (Fsp3) is 0.519. The number of methoxy groups -OCH3 is 1. The van der Waals surface area contributed by atoms with Crippen molar-refractivity contribution in [1.29, 1.82) is 0 Å². The fourth-order valence-corrected chi connectivity index (χ4v) is 4.79. The maximum Gasteiger partial charge on any atom is 0.253 e. The Morgan fingerprint density at radius 2 is 1.81 bits per heavy atom. The predicted octanol–water partition coefficient (Wildman–Crippen LogP) is 4.67. The average Bonchev–Trinajstić information content (AvgIpc) is 2.84. The number of rotatable bonds is 10. The van der Waals surface area contributed by atoms with Crippen LogP contribution in [0.2, 0.25) is 0 Å². The molecule has 1 fully saturated rings. The molecule has 2 atom stereocenters. The lowest BCUT2D eigenvalue weighted by molar-refractivity contribution is 0.0139. The lowest BCUT2D eigenvalue weighted by Gasteiger charge is -2.44. The van der Waals surface area contributed by atoms with Gasteiger partial charge < -0.3 is 19.4 Å². The van der Waals surface area contributed by atoms with Gasteiger partial charge in [0.15, 0.2) is 0 Å². The van der Waals surface area contributed by atoms with Gasteiger partial charge in [0.1, 0.15) is 0 Å². The molecule has 1 amide bonds. The largest absolute Gasteiger partial charge is 0.378 e. The molecule has 0 aliphatic carbocycles. The molecule has 0 spiro atoms. The molecule has 174 valence electrons. The molecule has 0 aromatic heterocycles. The third-order valence-corrected chi connectivity index (χ3v) is 6.52. The highest BCUT2D eigenvalue weighted by Gasteiger charge is 2.33. The third kappa shape index (κ3) is 5.90. The minimum atomic E-state index is 0.103. The average molecular weight is 438 g/mol. The first kappa shape index (κ1) is 24.3. The number of hydrogen-bond acceptors (Lipinski definition) is 4. The third-order valence-electron chi connectivity index (χ3n) is 6.52. The van der Waals surface area contributed by atoms with Gasteiger partial charge in [-0.25, -0.2) is 0 Å². The second kappa shape index (κ2) is 12.0. The molecule has 0 saturated carbocycles. The zero-order chi connectivity index (χ0) is 22.9. The number of carbonyl (C=O) groups is 1. The summed E-state index contributed by atoms with van der Waals surface area (Å²) in [4.78, 5) is 19.8. The van der Waals surface area contributed by atoms with Gasteiger partial charge in [-0.3, -0.25) is 4.79 Å². The molecular formula is C27H39N3O2. The van der Waals surface area contributed by atoms with Crippen LogP contribution < -0.4 is 4.90 Å². The Hall–Kier alpha value is -2.37. The first-order valence-corrected chi connectivity index (χ1v) is 12.1. The van der Waals surface area contributed by atoms with Gasteiger partial charge in [0.05, 0.1) is 12.1 Å². The van der Waals surface area contributed by atoms with E-state index in [2.05, 4.69) is 59.2 Å². The van der Waals surface area contributed by atoms with E-state index in [4.69, 9.17) is 4.74 Å². The number of amides is 1. The zero-order valence-corrected chi connectivity index (χ0v) is 20.2. The minimum Gasteiger partial charge on any atom is -0.378 e. The fourth-order valence-electron chi connectivity index (χ4n) is 4.79. The Morgan fingerprint density at radius 3 is 2.47 bits per heavy atom. The van der Waals surface area contributed by atoms with Gasteiger partial charge >= 0.3 is 0 Å². The molecule has 2 aromatic carbocycles. The second-order valence-corrected chi connectivity index (χ2v) is 8.57. The molecule has 1 heterocycles. The van der Waals surface area contributed by atoms with E-state index >= 15 is 0 Å². The van der Waals surface area contributed by atoms with Crippen molar-refractivity contribution < 1.29 is 9.53 Å². The highest BCUT2D eigenvalue weighted by atomic mass is 16.5. The number of nitrogens with zero attached hydrogens (tertiary/aromatic N) is 3. The summed E-state index contributed by atoms with van der Waals surface area (Å²) in [6.07, 6.45) is 2.37. The van der Waals surface area contributed by atoms with Crippen molar-refractivity contribution in [2.75, 3.05) is 44.7 Å². The van der Waals surface area contributed by atoms with Crippen LogP contribution >= 0.6 is 0 Å². The highest BCUT2D eigenvalue weighted by molar-refractivity contribution is 5.94. The molecule has 0 radical (unpaired) electrons. The summed E-state index contributed by atoms with van der Waals surface area (Å²) in [6.45, 7) is 11.6. The summed E-state index contributed by atoms with van der Waals surface area (Å²) in [6, 6.07) is 19.0. The summed E-state index contributed by atoms with van der Waals surface area (Å²) in [5.74, 6) is 0.103. The van der Waals surface area contributed by atoms with Gasteiger partial charge in [-0.15, -0.1) is 0 Å². The molecule has 0 bridgehead atoms. The number of benzene rings is 2. The number of ether oxygens (including phenoxy) is 1. The second-order valence-electron chi connectivity index (χ2n) is 8.57. The SMILES string of the molecule is CCCN1CCC(N(Cc2cccc(C(=O)N(CC)CC)c2)c2ccccc2)C(OC)C1. The van der Waals surface area contributed by atoms with Crippen molar-refractivity contribution in [3.05, 3.63) is 65.7 Å². The topological polar surface area (TPSA) is 36.0 Å². The smallest absolute Gasteiger partial charge is 0.253 e. The number of piperidine rings is 1. The van der Waals surface area contributed by atoms with Crippen LogP contribution in [0.3, 0.4) is 0 Å². The minimum absolute atomic E-state index is 0.103. The molecule has 2 aromatic rings. The van der Waals surface area contributed by atoms with Crippen LogP contribution in [-0.2, 0) is 11.3 Å². The van der Waals surface area contributed by atoms with Crippen LogP contribution in [0.15, 0.2) is 54.6 Å². The molecule has 5 nitrogen and oxygen atoms in total. The van der Waals surface area contributed by atoms with E-state index in [1.54, 1.807) is 0 Å². The summed E-state index contributed by atoms with van der Waals surface area (Å²) in [7, 11) is 1.83. The van der Waals surface area contributed by atoms with E-state index in [1.165, 1.54) is 5.69 Å². The predicted molar refractivity (Wildman–Crippen MR) is 132 cm³/mol. The van der Waals surface area contributed by atoms with Gasteiger partial charge in [0, 0.05) is 51.1 Å². The monoisotopic (exact) mass is 437 g/mol. The molecular weight excluding hydrogens is 398 g/mol. The van der Waals surface area contributed by atoms with Crippen molar-refractivity contribution >= 4 is 11.6 Å². The molecule has 0 N–H and O–H groups in total. The Bertz CT molecular complexity index is 838. The Balaban J connectivity index is 1.87. The molecule has 1 saturated heterocycles. The zero-order valence-electron chi connectivity index (χ0n) is 20.2. The van der Waals surface area contributed by atoms with Gasteiger partial charge in [-0.1, -0.05) is 37.3 Å². The standard InChI is InChI=1S/C27H39N3O2/c1-5-17-28-18-16-25(26(21-28)32-4)30(24-14-9-8-10-15-24)20-22-12-11-13-23(19-22)27(31)29(6-2)7-3/h8-15,19,25-26H,5-7,16-18,20-21H2,1-4H3. The van der Waals surface area contributed by atoms with Gasteiger partial charge in [-0.05, 0) is 63.1 Å². The molecule has 1 aliphatic rings. The van der Waals surface area contributed by atoms with Crippen molar-refractivity contribution in [2.24, 2.45) is 0 Å². The summed E-state index contributed by atoms with van der Waals surface area (Å²) in [5, 5.41) is 0. The quantitative estimate of drug-likeness (QED) is 0.541. The van der Waals surface area contributed by atoms with Crippen LogP contribution in [0.4, 0.5) is 5.69 Å². The van der Waals surface area contributed by atoms with E-state index in [-0.39, 0.29) is 18.1 Å². The maximum absolute atomic E-state index is 12.9. The van der Waals surface area contributed by atoms with E-state index < -0.39 is 0 Å². The van der Waals surface area contributed by atoms with Crippen LogP contribution in [0, 0.1) is 0 Å². The highest BCUT2D eigenvalue weighted by Crippen LogP contribution is 2.27. The lowest BCUT2D eigenvalue weighted by Crippen LogP contribution is -2.55. The number of hydrogen-bond donors (Lipinski definition) is 0. The van der Waals surface area contributed by atoms with Gasteiger partial charge in [0.2, 0.25) is 0 Å². The maximum atomic E-state index is 12.9. The number of carbonyl (C=O) groups excluding carboxylic acids is 1. The van der Waals surface area contributed by atoms with Gasteiger partial charge in [-0.2, -0.15) is 0 Å². The number of para-hydroxylation sites is 1.